The van der Waals surface area contributed by atoms with Gasteiger partial charge in [-0.1, -0.05) is 57.9 Å². The van der Waals surface area contributed by atoms with Crippen molar-refractivity contribution >= 4 is 44.4 Å². The highest BCUT2D eigenvalue weighted by Crippen LogP contribution is 2.36. The Bertz CT molecular complexity index is 881. The summed E-state index contributed by atoms with van der Waals surface area (Å²) < 4.78 is 6.08. The standard InChI is InChI=1S/C18H13BrClNO2/c1-2-23-18(22)16-15(11-6-4-3-5-7-11)13-10-12(19)8-9-14(13)21-17(16)20/h3-10H,2H2,1H3. The van der Waals surface area contributed by atoms with E-state index < -0.39 is 5.97 Å². The molecule has 0 saturated heterocycles. The second-order valence-electron chi connectivity index (χ2n) is 4.90. The summed E-state index contributed by atoms with van der Waals surface area (Å²) in [5.41, 5.74) is 2.65. The number of hydrogen-bond acceptors (Lipinski definition) is 3. The normalized spacial score (nSPS) is 10.7. The number of esters is 1. The van der Waals surface area contributed by atoms with Gasteiger partial charge in [0.05, 0.1) is 12.1 Å². The molecule has 0 unspecified atom stereocenters. The molecule has 3 aromatic rings. The molecule has 0 saturated carbocycles. The second-order valence-corrected chi connectivity index (χ2v) is 6.17. The number of carbonyl (C=O) groups is 1. The van der Waals surface area contributed by atoms with E-state index in [1.807, 2.05) is 48.5 Å². The lowest BCUT2D eigenvalue weighted by Crippen LogP contribution is -2.09. The number of fused-ring (bicyclic) bond motifs is 1. The summed E-state index contributed by atoms with van der Waals surface area (Å²) >= 11 is 9.78. The van der Waals surface area contributed by atoms with Gasteiger partial charge in [-0.05, 0) is 30.7 Å². The van der Waals surface area contributed by atoms with Gasteiger partial charge in [0.1, 0.15) is 10.7 Å². The van der Waals surface area contributed by atoms with Crippen molar-refractivity contribution in [2.45, 2.75) is 6.92 Å². The molecule has 1 heterocycles. The molecule has 0 atom stereocenters. The highest BCUT2D eigenvalue weighted by atomic mass is 79.9. The minimum Gasteiger partial charge on any atom is -0.462 e. The molecular formula is C18H13BrClNO2. The molecule has 0 N–H and O–H groups in total. The van der Waals surface area contributed by atoms with E-state index >= 15 is 0 Å². The van der Waals surface area contributed by atoms with Crippen LogP contribution in [0.2, 0.25) is 5.15 Å². The fraction of sp³-hybridized carbons (Fsp3) is 0.111. The predicted molar refractivity (Wildman–Crippen MR) is 95.8 cm³/mol. The third-order valence-electron chi connectivity index (χ3n) is 3.44. The molecule has 116 valence electrons. The van der Waals surface area contributed by atoms with Crippen molar-refractivity contribution in [1.82, 2.24) is 4.98 Å². The number of pyridine rings is 1. The molecule has 23 heavy (non-hydrogen) atoms. The lowest BCUT2D eigenvalue weighted by Gasteiger charge is -2.14. The fourth-order valence-corrected chi connectivity index (χ4v) is 3.12. The first-order chi connectivity index (χ1) is 11.1. The van der Waals surface area contributed by atoms with E-state index in [1.54, 1.807) is 6.92 Å². The van der Waals surface area contributed by atoms with Crippen LogP contribution in [0.25, 0.3) is 22.0 Å². The third-order valence-corrected chi connectivity index (χ3v) is 4.21. The van der Waals surface area contributed by atoms with E-state index in [9.17, 15) is 4.79 Å². The third kappa shape index (κ3) is 3.09. The van der Waals surface area contributed by atoms with Gasteiger partial charge in [0, 0.05) is 15.4 Å². The minimum atomic E-state index is -0.467. The van der Waals surface area contributed by atoms with E-state index in [0.717, 1.165) is 26.5 Å². The predicted octanol–water partition coefficient (Wildman–Crippen LogP) is 5.49. The molecule has 0 aliphatic rings. The molecule has 3 rings (SSSR count). The zero-order valence-electron chi connectivity index (χ0n) is 12.3. The minimum absolute atomic E-state index is 0.150. The summed E-state index contributed by atoms with van der Waals surface area (Å²) in [6, 6.07) is 15.3. The van der Waals surface area contributed by atoms with Crippen LogP contribution in [0.5, 0.6) is 0 Å². The van der Waals surface area contributed by atoms with Crippen LogP contribution in [0.3, 0.4) is 0 Å². The van der Waals surface area contributed by atoms with Crippen LogP contribution in [-0.4, -0.2) is 17.6 Å². The zero-order valence-corrected chi connectivity index (χ0v) is 14.7. The maximum atomic E-state index is 12.4. The largest absolute Gasteiger partial charge is 0.462 e. The summed E-state index contributed by atoms with van der Waals surface area (Å²) in [6.45, 7) is 2.04. The fourth-order valence-electron chi connectivity index (χ4n) is 2.50. The quantitative estimate of drug-likeness (QED) is 0.438. The first-order valence-corrected chi connectivity index (χ1v) is 8.30. The molecule has 2 aromatic carbocycles. The van der Waals surface area contributed by atoms with Crippen LogP contribution in [0.4, 0.5) is 0 Å². The number of hydrogen-bond donors (Lipinski definition) is 0. The van der Waals surface area contributed by atoms with Crippen molar-refractivity contribution in [2.24, 2.45) is 0 Å². The Morgan fingerprint density at radius 3 is 2.65 bits per heavy atom. The van der Waals surface area contributed by atoms with Crippen molar-refractivity contribution in [3.05, 3.63) is 63.7 Å². The Hall–Kier alpha value is -1.91. The number of aromatic nitrogens is 1. The molecule has 3 nitrogen and oxygen atoms in total. The summed E-state index contributed by atoms with van der Waals surface area (Å²) in [4.78, 5) is 16.8. The molecule has 1 aromatic heterocycles. The van der Waals surface area contributed by atoms with Crippen molar-refractivity contribution in [3.8, 4) is 11.1 Å². The van der Waals surface area contributed by atoms with Crippen molar-refractivity contribution in [3.63, 3.8) is 0 Å². The Kier molecular flexibility index (Phi) is 4.64. The Balaban J connectivity index is 2.41. The van der Waals surface area contributed by atoms with Gasteiger partial charge < -0.3 is 4.74 Å². The number of nitrogens with zero attached hydrogens (tertiary/aromatic N) is 1. The van der Waals surface area contributed by atoms with Gasteiger partial charge in [0.2, 0.25) is 0 Å². The summed E-state index contributed by atoms with van der Waals surface area (Å²) in [6.07, 6.45) is 0. The molecule has 0 aliphatic heterocycles. The lowest BCUT2D eigenvalue weighted by molar-refractivity contribution is 0.0527. The molecule has 0 aliphatic carbocycles. The average molecular weight is 391 g/mol. The number of benzene rings is 2. The van der Waals surface area contributed by atoms with Crippen LogP contribution in [0.15, 0.2) is 53.0 Å². The number of halogens is 2. The van der Waals surface area contributed by atoms with Gasteiger partial charge >= 0.3 is 5.97 Å². The van der Waals surface area contributed by atoms with Gasteiger partial charge in [-0.15, -0.1) is 0 Å². The lowest BCUT2D eigenvalue weighted by atomic mass is 9.96. The molecule has 0 spiro atoms. The van der Waals surface area contributed by atoms with Gasteiger partial charge in [-0.25, -0.2) is 9.78 Å². The average Bonchev–Trinajstić information content (AvgIpc) is 2.55. The highest BCUT2D eigenvalue weighted by Gasteiger charge is 2.22. The molecular weight excluding hydrogens is 378 g/mol. The smallest absolute Gasteiger partial charge is 0.341 e. The van der Waals surface area contributed by atoms with E-state index in [4.69, 9.17) is 16.3 Å². The summed E-state index contributed by atoms with van der Waals surface area (Å²) in [5, 5.41) is 0.996. The number of carbonyl (C=O) groups excluding carboxylic acids is 1. The van der Waals surface area contributed by atoms with Crippen LogP contribution in [0, 0.1) is 0 Å². The number of rotatable bonds is 3. The highest BCUT2D eigenvalue weighted by molar-refractivity contribution is 9.10. The van der Waals surface area contributed by atoms with Gasteiger partial charge in [0.15, 0.2) is 0 Å². The second kappa shape index (κ2) is 6.69. The maximum Gasteiger partial charge on any atom is 0.341 e. The van der Waals surface area contributed by atoms with Crippen LogP contribution < -0.4 is 0 Å². The zero-order chi connectivity index (χ0) is 16.4. The number of ether oxygens (including phenoxy) is 1. The summed E-state index contributed by atoms with van der Waals surface area (Å²) in [5.74, 6) is -0.467. The van der Waals surface area contributed by atoms with Gasteiger partial charge in [-0.3, -0.25) is 0 Å². The van der Waals surface area contributed by atoms with Crippen molar-refractivity contribution in [2.75, 3.05) is 6.61 Å². The molecule has 5 heteroatoms. The monoisotopic (exact) mass is 389 g/mol. The van der Waals surface area contributed by atoms with Crippen LogP contribution in [0.1, 0.15) is 17.3 Å². The van der Waals surface area contributed by atoms with Crippen molar-refractivity contribution in [1.29, 1.82) is 0 Å². The molecule has 0 fully saturated rings. The van der Waals surface area contributed by atoms with Crippen molar-refractivity contribution < 1.29 is 9.53 Å². The van der Waals surface area contributed by atoms with E-state index in [2.05, 4.69) is 20.9 Å². The Labute approximate surface area is 147 Å². The van der Waals surface area contributed by atoms with Crippen LogP contribution in [-0.2, 0) is 4.74 Å². The van der Waals surface area contributed by atoms with E-state index in [-0.39, 0.29) is 11.8 Å². The topological polar surface area (TPSA) is 39.2 Å². The maximum absolute atomic E-state index is 12.4. The van der Waals surface area contributed by atoms with Gasteiger partial charge in [-0.2, -0.15) is 0 Å². The first kappa shape index (κ1) is 16.0. The Morgan fingerprint density at radius 1 is 1.22 bits per heavy atom. The molecule has 0 radical (unpaired) electrons. The summed E-state index contributed by atoms with van der Waals surface area (Å²) in [7, 11) is 0. The van der Waals surface area contributed by atoms with E-state index in [0.29, 0.717) is 5.56 Å². The van der Waals surface area contributed by atoms with E-state index in [1.165, 1.54) is 0 Å². The molecule has 0 bridgehead atoms. The first-order valence-electron chi connectivity index (χ1n) is 7.13. The Morgan fingerprint density at radius 2 is 1.96 bits per heavy atom. The SMILES string of the molecule is CCOC(=O)c1c(Cl)nc2ccc(Br)cc2c1-c1ccccc1. The van der Waals surface area contributed by atoms with Crippen LogP contribution >= 0.6 is 27.5 Å². The molecule has 0 amide bonds. The van der Waals surface area contributed by atoms with Gasteiger partial charge in [0.25, 0.3) is 0 Å².